The molecule has 1 aromatic rings. The van der Waals surface area contributed by atoms with E-state index >= 15 is 0 Å². The van der Waals surface area contributed by atoms with E-state index < -0.39 is 18.2 Å². The first-order valence-electron chi connectivity index (χ1n) is 9.72. The van der Waals surface area contributed by atoms with Gasteiger partial charge in [0.25, 0.3) is 0 Å². The van der Waals surface area contributed by atoms with Crippen molar-refractivity contribution in [1.82, 2.24) is 0 Å². The number of rotatable bonds is 5. The van der Waals surface area contributed by atoms with Gasteiger partial charge in [0.15, 0.2) is 0 Å². The predicted octanol–water partition coefficient (Wildman–Crippen LogP) is 1.52. The number of ether oxygens (including phenoxy) is 3. The molecule has 3 N–H and O–H groups in total. The van der Waals surface area contributed by atoms with Crippen LogP contribution >= 0.6 is 0 Å². The lowest BCUT2D eigenvalue weighted by atomic mass is 9.84. The van der Waals surface area contributed by atoms with E-state index in [-0.39, 0.29) is 36.9 Å². The molecule has 0 spiro atoms. The number of hydrogen-bond acceptors (Lipinski definition) is 6. The molecule has 0 bridgehead atoms. The first-order chi connectivity index (χ1) is 13.5. The lowest BCUT2D eigenvalue weighted by Crippen LogP contribution is -2.46. The summed E-state index contributed by atoms with van der Waals surface area (Å²) in [7, 11) is 0. The van der Waals surface area contributed by atoms with Gasteiger partial charge in [-0.1, -0.05) is 0 Å². The molecule has 0 aliphatic carbocycles. The number of carbonyl (C=O) groups excluding carboxylic acids is 1. The molecule has 1 aromatic carbocycles. The Labute approximate surface area is 162 Å². The zero-order chi connectivity index (χ0) is 19.7. The number of nitrogens with one attached hydrogen (secondary N) is 1. The summed E-state index contributed by atoms with van der Waals surface area (Å²) < 4.78 is 17.0. The van der Waals surface area contributed by atoms with Crippen LogP contribution in [0, 0.1) is 5.92 Å². The molecule has 0 radical (unpaired) electrons. The van der Waals surface area contributed by atoms with Crippen molar-refractivity contribution in [2.24, 2.45) is 5.92 Å². The molecule has 4 rings (SSSR count). The summed E-state index contributed by atoms with van der Waals surface area (Å²) in [6.45, 7) is 0.972. The number of carbonyl (C=O) groups is 2. The Bertz CT molecular complexity index is 746. The fourth-order valence-electron chi connectivity index (χ4n) is 4.37. The first kappa shape index (κ1) is 19.2. The topological polar surface area (TPSA) is 114 Å². The van der Waals surface area contributed by atoms with E-state index in [1.165, 1.54) is 0 Å². The van der Waals surface area contributed by atoms with Crippen molar-refractivity contribution in [1.29, 1.82) is 0 Å². The standard InChI is InChI=1S/C20H25NO7/c22-10-17-19-15(8-13(27-17)9-18(23)24)14-7-12(1-2-16(14)28-19)21-20(25)11-3-5-26-6-4-11/h1-2,7,11,13,15,17,19,22H,3-6,8-10H2,(H,21,25)(H,23,24)/t13-,15+,17-,19-/m0/s1. The van der Waals surface area contributed by atoms with Gasteiger partial charge < -0.3 is 29.7 Å². The van der Waals surface area contributed by atoms with Crippen LogP contribution in [0.5, 0.6) is 5.75 Å². The monoisotopic (exact) mass is 391 g/mol. The van der Waals surface area contributed by atoms with Crippen LogP contribution in [-0.4, -0.2) is 60.2 Å². The fraction of sp³-hybridized carbons (Fsp3) is 0.600. The minimum absolute atomic E-state index is 0.0114. The van der Waals surface area contributed by atoms with Crippen molar-refractivity contribution in [2.75, 3.05) is 25.1 Å². The van der Waals surface area contributed by atoms with Gasteiger partial charge in [0.1, 0.15) is 18.0 Å². The van der Waals surface area contributed by atoms with Gasteiger partial charge in [-0.05, 0) is 37.5 Å². The highest BCUT2D eigenvalue weighted by molar-refractivity contribution is 5.92. The molecule has 152 valence electrons. The van der Waals surface area contributed by atoms with Crippen molar-refractivity contribution in [3.63, 3.8) is 0 Å². The molecule has 0 aromatic heterocycles. The summed E-state index contributed by atoms with van der Waals surface area (Å²) in [5.41, 5.74) is 1.62. The van der Waals surface area contributed by atoms with Crippen LogP contribution < -0.4 is 10.1 Å². The van der Waals surface area contributed by atoms with Gasteiger partial charge in [-0.25, -0.2) is 0 Å². The third-order valence-corrected chi connectivity index (χ3v) is 5.76. The van der Waals surface area contributed by atoms with Crippen LogP contribution in [0.2, 0.25) is 0 Å². The Hall–Kier alpha value is -2.16. The van der Waals surface area contributed by atoms with Crippen LogP contribution in [0.1, 0.15) is 37.2 Å². The summed E-state index contributed by atoms with van der Waals surface area (Å²) in [5, 5.41) is 21.7. The summed E-state index contributed by atoms with van der Waals surface area (Å²) in [4.78, 5) is 23.6. The Balaban J connectivity index is 1.51. The van der Waals surface area contributed by atoms with E-state index in [0.29, 0.717) is 31.1 Å². The van der Waals surface area contributed by atoms with Gasteiger partial charge in [0.2, 0.25) is 5.91 Å². The molecule has 8 nitrogen and oxygen atoms in total. The zero-order valence-electron chi connectivity index (χ0n) is 15.5. The average molecular weight is 391 g/mol. The first-order valence-corrected chi connectivity index (χ1v) is 9.72. The zero-order valence-corrected chi connectivity index (χ0v) is 15.5. The second kappa shape index (κ2) is 8.06. The third kappa shape index (κ3) is 3.85. The van der Waals surface area contributed by atoms with Crippen molar-refractivity contribution in [3.05, 3.63) is 23.8 Å². The molecule has 3 aliphatic rings. The normalized spacial score (nSPS) is 29.5. The molecular formula is C20H25NO7. The SMILES string of the molecule is O=C(O)C[C@@H]1C[C@@H]2c3cc(NC(=O)C4CCOCC4)ccc3O[C@@H]2[C@H](CO)O1. The fourth-order valence-corrected chi connectivity index (χ4v) is 4.37. The highest BCUT2D eigenvalue weighted by Gasteiger charge is 2.46. The second-order valence-electron chi connectivity index (χ2n) is 7.63. The predicted molar refractivity (Wildman–Crippen MR) is 98.4 cm³/mol. The van der Waals surface area contributed by atoms with Crippen molar-refractivity contribution in [3.8, 4) is 5.75 Å². The molecule has 0 unspecified atom stereocenters. The Morgan fingerprint density at radius 1 is 1.21 bits per heavy atom. The number of amides is 1. The highest BCUT2D eigenvalue weighted by Crippen LogP contribution is 2.47. The van der Waals surface area contributed by atoms with Gasteiger partial charge in [-0.3, -0.25) is 9.59 Å². The van der Waals surface area contributed by atoms with Crippen molar-refractivity contribution in [2.45, 2.75) is 49.9 Å². The molecular weight excluding hydrogens is 366 g/mol. The van der Waals surface area contributed by atoms with Crippen molar-refractivity contribution >= 4 is 17.6 Å². The van der Waals surface area contributed by atoms with Gasteiger partial charge in [-0.15, -0.1) is 0 Å². The highest BCUT2D eigenvalue weighted by atomic mass is 16.6. The summed E-state index contributed by atoms with van der Waals surface area (Å²) in [6.07, 6.45) is 0.411. The van der Waals surface area contributed by atoms with Gasteiger partial charge >= 0.3 is 5.97 Å². The van der Waals surface area contributed by atoms with E-state index in [1.54, 1.807) is 6.07 Å². The molecule has 28 heavy (non-hydrogen) atoms. The van der Waals surface area contributed by atoms with Crippen LogP contribution in [0.25, 0.3) is 0 Å². The number of anilines is 1. The van der Waals surface area contributed by atoms with Gasteiger partial charge in [0, 0.05) is 36.3 Å². The van der Waals surface area contributed by atoms with Crippen LogP contribution in [0.4, 0.5) is 5.69 Å². The number of aliphatic hydroxyl groups is 1. The van der Waals surface area contributed by atoms with Crippen molar-refractivity contribution < 1.29 is 34.0 Å². The molecule has 3 heterocycles. The summed E-state index contributed by atoms with van der Waals surface area (Å²) in [5.74, 6) is -0.380. The largest absolute Gasteiger partial charge is 0.487 e. The maximum Gasteiger partial charge on any atom is 0.305 e. The molecule has 2 fully saturated rings. The van der Waals surface area contributed by atoms with Gasteiger partial charge in [-0.2, -0.15) is 0 Å². The minimum Gasteiger partial charge on any atom is -0.487 e. The minimum atomic E-state index is -0.934. The summed E-state index contributed by atoms with van der Waals surface area (Å²) >= 11 is 0. The third-order valence-electron chi connectivity index (χ3n) is 5.76. The van der Waals surface area contributed by atoms with Crippen LogP contribution in [0.15, 0.2) is 18.2 Å². The maximum absolute atomic E-state index is 12.5. The van der Waals surface area contributed by atoms with E-state index in [2.05, 4.69) is 5.32 Å². The van der Waals surface area contributed by atoms with Crippen LogP contribution in [-0.2, 0) is 19.1 Å². The molecule has 2 saturated heterocycles. The Kier molecular flexibility index (Phi) is 5.52. The number of benzene rings is 1. The molecule has 3 aliphatic heterocycles. The van der Waals surface area contributed by atoms with Crippen LogP contribution in [0.3, 0.4) is 0 Å². The van der Waals surface area contributed by atoms with E-state index in [1.807, 2.05) is 12.1 Å². The van der Waals surface area contributed by atoms with E-state index in [9.17, 15) is 14.7 Å². The number of aliphatic carboxylic acids is 1. The maximum atomic E-state index is 12.5. The lowest BCUT2D eigenvalue weighted by molar-refractivity contribution is -0.153. The van der Waals surface area contributed by atoms with E-state index in [0.717, 1.165) is 18.4 Å². The smallest absolute Gasteiger partial charge is 0.305 e. The number of aliphatic hydroxyl groups excluding tert-OH is 1. The summed E-state index contributed by atoms with van der Waals surface area (Å²) in [6, 6.07) is 5.51. The Morgan fingerprint density at radius 2 is 2.00 bits per heavy atom. The molecule has 4 atom stereocenters. The lowest BCUT2D eigenvalue weighted by Gasteiger charge is -2.36. The number of hydrogen-bond donors (Lipinski definition) is 3. The Morgan fingerprint density at radius 3 is 2.71 bits per heavy atom. The number of carboxylic acid groups (broad SMARTS) is 1. The quantitative estimate of drug-likeness (QED) is 0.697. The molecule has 8 heteroatoms. The second-order valence-corrected chi connectivity index (χ2v) is 7.63. The number of carboxylic acids is 1. The van der Waals surface area contributed by atoms with E-state index in [4.69, 9.17) is 19.3 Å². The average Bonchev–Trinajstić information content (AvgIpc) is 3.05. The number of fused-ring (bicyclic) bond motifs is 3. The molecule has 0 saturated carbocycles. The van der Waals surface area contributed by atoms with Gasteiger partial charge in [0.05, 0.1) is 19.1 Å². The molecule has 1 amide bonds.